The van der Waals surface area contributed by atoms with E-state index in [1.165, 1.54) is 16.7 Å². The van der Waals surface area contributed by atoms with Crippen molar-refractivity contribution < 1.29 is 28.7 Å². The largest absolute Gasteiger partial charge is 0.466 e. The van der Waals surface area contributed by atoms with E-state index in [4.69, 9.17) is 4.74 Å². The molecule has 1 aromatic rings. The highest BCUT2D eigenvalue weighted by Crippen LogP contribution is 2.24. The Morgan fingerprint density at radius 1 is 1.40 bits per heavy atom. The van der Waals surface area contributed by atoms with Gasteiger partial charge in [0.15, 0.2) is 0 Å². The van der Waals surface area contributed by atoms with Crippen molar-refractivity contribution >= 4 is 36.3 Å². The van der Waals surface area contributed by atoms with Crippen molar-refractivity contribution in [2.45, 2.75) is 13.0 Å². The van der Waals surface area contributed by atoms with Gasteiger partial charge >= 0.3 is 6.09 Å². The number of hydrogen-bond donors (Lipinski definition) is 1. The van der Waals surface area contributed by atoms with E-state index >= 15 is 0 Å². The zero-order valence-corrected chi connectivity index (χ0v) is 13.7. The molecule has 1 aromatic carbocycles. The molecule has 0 radical (unpaired) electrons. The number of rotatable bonds is 9. The summed E-state index contributed by atoms with van der Waals surface area (Å²) in [5, 5.41) is 2.61. The number of hydrogen-bond acceptors (Lipinski definition) is 6. The Morgan fingerprint density at radius 2 is 2.12 bits per heavy atom. The average Bonchev–Trinajstić information content (AvgIpc) is 2.98. The standard InChI is InChI=1S/C16H19N3O6/c1-12(22)17-8-15-9-19(16(23)25-15)14-4-2-13(3-5-14)18(10-20)6-7-24-11-21/h2-5,10-11,15H,6-9H2,1H3,(H,17,22). The first-order valence-electron chi connectivity index (χ1n) is 7.65. The number of ether oxygens (including phenoxy) is 2. The molecule has 1 fully saturated rings. The van der Waals surface area contributed by atoms with Crippen molar-refractivity contribution in [3.05, 3.63) is 24.3 Å². The number of carbonyl (C=O) groups excluding carboxylic acids is 4. The molecule has 9 heteroatoms. The SMILES string of the molecule is CC(=O)NCC1CN(c2ccc(N(C=O)CCOC=O)cc2)C(=O)O1. The third-order valence-corrected chi connectivity index (χ3v) is 3.59. The van der Waals surface area contributed by atoms with Crippen LogP contribution >= 0.6 is 0 Å². The molecule has 1 aliphatic rings. The molecule has 3 amide bonds. The Hall–Kier alpha value is -3.10. The van der Waals surface area contributed by atoms with Gasteiger partial charge in [-0.3, -0.25) is 19.3 Å². The lowest BCUT2D eigenvalue weighted by Crippen LogP contribution is -2.33. The Morgan fingerprint density at radius 3 is 2.72 bits per heavy atom. The van der Waals surface area contributed by atoms with E-state index in [2.05, 4.69) is 10.1 Å². The number of nitrogens with one attached hydrogen (secondary N) is 1. The first-order chi connectivity index (χ1) is 12.0. The maximum atomic E-state index is 12.0. The summed E-state index contributed by atoms with van der Waals surface area (Å²) in [6.07, 6.45) is -0.269. The lowest BCUT2D eigenvalue weighted by atomic mass is 10.2. The van der Waals surface area contributed by atoms with Crippen molar-refractivity contribution in [3.63, 3.8) is 0 Å². The number of benzene rings is 1. The third-order valence-electron chi connectivity index (χ3n) is 3.59. The summed E-state index contributed by atoms with van der Waals surface area (Å²) >= 11 is 0. The van der Waals surface area contributed by atoms with Gasteiger partial charge in [0.1, 0.15) is 12.7 Å². The minimum Gasteiger partial charge on any atom is -0.466 e. The summed E-state index contributed by atoms with van der Waals surface area (Å²) in [4.78, 5) is 47.0. The van der Waals surface area contributed by atoms with Gasteiger partial charge in [0.2, 0.25) is 12.3 Å². The van der Waals surface area contributed by atoms with Gasteiger partial charge in [0.25, 0.3) is 6.47 Å². The minimum absolute atomic E-state index is 0.0905. The van der Waals surface area contributed by atoms with E-state index in [1.54, 1.807) is 24.3 Å². The summed E-state index contributed by atoms with van der Waals surface area (Å²) in [5.41, 5.74) is 1.23. The molecule has 0 saturated carbocycles. The van der Waals surface area contributed by atoms with Crippen LogP contribution in [0.15, 0.2) is 24.3 Å². The van der Waals surface area contributed by atoms with Crippen LogP contribution in [0.25, 0.3) is 0 Å². The first kappa shape index (κ1) is 18.2. The molecule has 0 aromatic heterocycles. The third kappa shape index (κ3) is 4.93. The molecule has 134 valence electrons. The highest BCUT2D eigenvalue weighted by molar-refractivity contribution is 5.90. The van der Waals surface area contributed by atoms with Crippen molar-refractivity contribution in [1.29, 1.82) is 0 Å². The van der Waals surface area contributed by atoms with E-state index in [0.29, 0.717) is 30.8 Å². The summed E-state index contributed by atoms with van der Waals surface area (Å²) in [7, 11) is 0. The normalized spacial score (nSPS) is 16.1. The fourth-order valence-corrected chi connectivity index (χ4v) is 2.36. The molecule has 2 rings (SSSR count). The molecule has 0 bridgehead atoms. The van der Waals surface area contributed by atoms with Crippen LogP contribution in [-0.2, 0) is 23.9 Å². The number of amides is 3. The van der Waals surface area contributed by atoms with E-state index in [1.807, 2.05) is 0 Å². The van der Waals surface area contributed by atoms with Gasteiger partial charge in [-0.2, -0.15) is 0 Å². The van der Waals surface area contributed by atoms with Crippen molar-refractivity contribution in [3.8, 4) is 0 Å². The lowest BCUT2D eigenvalue weighted by Gasteiger charge is -2.18. The van der Waals surface area contributed by atoms with Gasteiger partial charge in [0.05, 0.1) is 19.6 Å². The molecular formula is C16H19N3O6. The lowest BCUT2D eigenvalue weighted by molar-refractivity contribution is -0.128. The maximum absolute atomic E-state index is 12.0. The number of cyclic esters (lactones) is 1. The topological polar surface area (TPSA) is 105 Å². The number of anilines is 2. The fraction of sp³-hybridized carbons (Fsp3) is 0.375. The second-order valence-corrected chi connectivity index (χ2v) is 5.34. The summed E-state index contributed by atoms with van der Waals surface area (Å²) in [6.45, 7) is 2.61. The molecule has 0 spiro atoms. The second kappa shape index (κ2) is 8.67. The first-order valence-corrected chi connectivity index (χ1v) is 7.65. The van der Waals surface area contributed by atoms with Crippen LogP contribution in [0.1, 0.15) is 6.92 Å². The Bertz CT molecular complexity index is 633. The van der Waals surface area contributed by atoms with Gasteiger partial charge < -0.3 is 19.7 Å². The molecule has 1 saturated heterocycles. The van der Waals surface area contributed by atoms with Crippen molar-refractivity contribution in [1.82, 2.24) is 5.32 Å². The van der Waals surface area contributed by atoms with E-state index < -0.39 is 12.2 Å². The molecule has 25 heavy (non-hydrogen) atoms. The van der Waals surface area contributed by atoms with Gasteiger partial charge in [-0.1, -0.05) is 0 Å². The van der Waals surface area contributed by atoms with Gasteiger partial charge in [-0.05, 0) is 24.3 Å². The predicted molar refractivity (Wildman–Crippen MR) is 88.2 cm³/mol. The maximum Gasteiger partial charge on any atom is 0.414 e. The second-order valence-electron chi connectivity index (χ2n) is 5.34. The molecular weight excluding hydrogens is 330 g/mol. The monoisotopic (exact) mass is 349 g/mol. The molecule has 1 aliphatic heterocycles. The zero-order valence-electron chi connectivity index (χ0n) is 13.7. The fourth-order valence-electron chi connectivity index (χ4n) is 2.36. The Balaban J connectivity index is 1.99. The van der Waals surface area contributed by atoms with E-state index in [0.717, 1.165) is 0 Å². The highest BCUT2D eigenvalue weighted by atomic mass is 16.6. The van der Waals surface area contributed by atoms with Gasteiger partial charge in [-0.25, -0.2) is 4.79 Å². The quantitative estimate of drug-likeness (QED) is 0.507. The summed E-state index contributed by atoms with van der Waals surface area (Å²) in [5.74, 6) is -0.189. The van der Waals surface area contributed by atoms with Crippen molar-refractivity contribution in [2.24, 2.45) is 0 Å². The zero-order chi connectivity index (χ0) is 18.2. The van der Waals surface area contributed by atoms with Crippen LogP contribution in [0.2, 0.25) is 0 Å². The average molecular weight is 349 g/mol. The van der Waals surface area contributed by atoms with Crippen LogP contribution in [0.3, 0.4) is 0 Å². The van der Waals surface area contributed by atoms with Crippen molar-refractivity contribution in [2.75, 3.05) is 36.0 Å². The van der Waals surface area contributed by atoms with E-state index in [-0.39, 0.29) is 25.6 Å². The van der Waals surface area contributed by atoms with Crippen LogP contribution < -0.4 is 15.1 Å². The van der Waals surface area contributed by atoms with Crippen LogP contribution in [-0.4, -0.2) is 57.2 Å². The van der Waals surface area contributed by atoms with E-state index in [9.17, 15) is 19.2 Å². The molecule has 1 atom stereocenters. The summed E-state index contributed by atoms with van der Waals surface area (Å²) in [6, 6.07) is 6.74. The molecule has 1 unspecified atom stereocenters. The molecule has 1 heterocycles. The van der Waals surface area contributed by atoms with Crippen LogP contribution in [0, 0.1) is 0 Å². The Kier molecular flexibility index (Phi) is 6.33. The molecule has 9 nitrogen and oxygen atoms in total. The molecule has 0 aliphatic carbocycles. The highest BCUT2D eigenvalue weighted by Gasteiger charge is 2.32. The van der Waals surface area contributed by atoms with Crippen LogP contribution in [0.4, 0.5) is 16.2 Å². The van der Waals surface area contributed by atoms with Gasteiger partial charge in [0, 0.05) is 18.3 Å². The minimum atomic E-state index is -0.491. The predicted octanol–water partition coefficient (Wildman–Crippen LogP) is 0.284. The smallest absolute Gasteiger partial charge is 0.414 e. The summed E-state index contributed by atoms with van der Waals surface area (Å²) < 4.78 is 9.78. The Labute approximate surface area is 144 Å². The van der Waals surface area contributed by atoms with Crippen LogP contribution in [0.5, 0.6) is 0 Å². The number of carbonyl (C=O) groups is 4. The molecule has 1 N–H and O–H groups in total. The van der Waals surface area contributed by atoms with Gasteiger partial charge in [-0.15, -0.1) is 0 Å². The number of nitrogens with zero attached hydrogens (tertiary/aromatic N) is 2.